The van der Waals surface area contributed by atoms with E-state index >= 15 is 0 Å². The monoisotopic (exact) mass is 339 g/mol. The fourth-order valence-electron chi connectivity index (χ4n) is 2.53. The van der Waals surface area contributed by atoms with E-state index in [-0.39, 0.29) is 11.6 Å². The lowest BCUT2D eigenvalue weighted by atomic mass is 10.1. The first kappa shape index (κ1) is 16.6. The van der Waals surface area contributed by atoms with Gasteiger partial charge in [-0.05, 0) is 39.0 Å². The second-order valence-corrected chi connectivity index (χ2v) is 7.31. The van der Waals surface area contributed by atoms with Crippen molar-refractivity contribution in [2.75, 3.05) is 16.4 Å². The first-order valence-electron chi connectivity index (χ1n) is 7.90. The van der Waals surface area contributed by atoms with Crippen LogP contribution < -0.4 is 10.6 Å². The Morgan fingerprint density at radius 3 is 2.62 bits per heavy atom. The van der Waals surface area contributed by atoms with Crippen molar-refractivity contribution in [2.45, 2.75) is 26.4 Å². The molecule has 2 aromatic rings. The molecular formula is C19H21N3OS. The van der Waals surface area contributed by atoms with Crippen LogP contribution in [0.2, 0.25) is 0 Å². The van der Waals surface area contributed by atoms with Gasteiger partial charge in [0.25, 0.3) is 0 Å². The lowest BCUT2D eigenvalue weighted by molar-refractivity contribution is -0.113. The number of rotatable bonds is 3. The Morgan fingerprint density at radius 1 is 1.17 bits per heavy atom. The molecule has 1 amide bonds. The highest BCUT2D eigenvalue weighted by atomic mass is 32.2. The highest BCUT2D eigenvalue weighted by Gasteiger charge is 2.25. The third-order valence-electron chi connectivity index (χ3n) is 3.65. The summed E-state index contributed by atoms with van der Waals surface area (Å²) < 4.78 is 0. The molecule has 1 heterocycles. The van der Waals surface area contributed by atoms with Crippen molar-refractivity contribution in [1.82, 2.24) is 0 Å². The number of aryl methyl sites for hydroxylation is 1. The quantitative estimate of drug-likeness (QED) is 0.878. The molecule has 0 radical (unpaired) electrons. The van der Waals surface area contributed by atoms with Gasteiger partial charge in [0, 0.05) is 16.9 Å². The molecule has 0 aromatic heterocycles. The zero-order valence-corrected chi connectivity index (χ0v) is 14.9. The van der Waals surface area contributed by atoms with Crippen LogP contribution in [0.25, 0.3) is 0 Å². The molecule has 1 aliphatic heterocycles. The van der Waals surface area contributed by atoms with Gasteiger partial charge in [0.1, 0.15) is 10.7 Å². The van der Waals surface area contributed by atoms with Crippen LogP contribution in [-0.2, 0) is 4.79 Å². The summed E-state index contributed by atoms with van der Waals surface area (Å²) in [6.45, 7) is 6.07. The summed E-state index contributed by atoms with van der Waals surface area (Å²) >= 11 is 1.47. The summed E-state index contributed by atoms with van der Waals surface area (Å²) in [6, 6.07) is 15.9. The third-order valence-corrected chi connectivity index (χ3v) is 4.65. The molecule has 2 aromatic carbocycles. The first-order chi connectivity index (χ1) is 11.4. The Kier molecular flexibility index (Phi) is 4.62. The number of carbonyl (C=O) groups excluding carboxylic acids is 1. The van der Waals surface area contributed by atoms with E-state index in [1.165, 1.54) is 17.3 Å². The van der Waals surface area contributed by atoms with Crippen molar-refractivity contribution in [3.05, 3.63) is 59.7 Å². The van der Waals surface area contributed by atoms with Gasteiger partial charge in [0.15, 0.2) is 0 Å². The molecule has 5 heteroatoms. The zero-order valence-electron chi connectivity index (χ0n) is 14.1. The molecule has 0 unspecified atom stereocenters. The number of anilines is 2. The van der Waals surface area contributed by atoms with Gasteiger partial charge in [-0.2, -0.15) is 0 Å². The van der Waals surface area contributed by atoms with Crippen LogP contribution in [0.5, 0.6) is 0 Å². The topological polar surface area (TPSA) is 53.5 Å². The Bertz CT molecular complexity index is 781. The van der Waals surface area contributed by atoms with Crippen LogP contribution in [-0.4, -0.2) is 22.4 Å². The number of carbonyl (C=O) groups is 1. The van der Waals surface area contributed by atoms with E-state index in [4.69, 9.17) is 4.99 Å². The third kappa shape index (κ3) is 3.97. The predicted molar refractivity (Wildman–Crippen MR) is 103 cm³/mol. The van der Waals surface area contributed by atoms with Gasteiger partial charge in [-0.1, -0.05) is 47.7 Å². The standard InChI is InChI=1S/C19H21N3OS/c1-13-8-10-14(11-9-13)20-17(23)12-24-18-15-6-4-5-7-16(15)21-19(2,3)22-18/h4-11,21H,12H2,1-3H3,(H,20,23). The average molecular weight is 339 g/mol. The van der Waals surface area contributed by atoms with E-state index < -0.39 is 0 Å². The molecule has 2 N–H and O–H groups in total. The van der Waals surface area contributed by atoms with E-state index in [1.54, 1.807) is 0 Å². The molecule has 0 bridgehead atoms. The van der Waals surface area contributed by atoms with Crippen molar-refractivity contribution in [3.63, 3.8) is 0 Å². The number of benzene rings is 2. The van der Waals surface area contributed by atoms with Crippen molar-refractivity contribution in [3.8, 4) is 0 Å². The lowest BCUT2D eigenvalue weighted by Crippen LogP contribution is -2.34. The molecule has 1 aliphatic rings. The number of fused-ring (bicyclic) bond motifs is 1. The van der Waals surface area contributed by atoms with Gasteiger partial charge in [-0.3, -0.25) is 9.79 Å². The number of thioether (sulfide) groups is 1. The smallest absolute Gasteiger partial charge is 0.234 e. The van der Waals surface area contributed by atoms with Crippen LogP contribution in [0, 0.1) is 6.92 Å². The molecule has 0 saturated carbocycles. The molecule has 3 rings (SSSR count). The maximum absolute atomic E-state index is 12.2. The molecule has 4 nitrogen and oxygen atoms in total. The van der Waals surface area contributed by atoms with Gasteiger partial charge < -0.3 is 10.6 Å². The Balaban J connectivity index is 1.68. The molecule has 0 aliphatic carbocycles. The molecule has 124 valence electrons. The molecule has 0 spiro atoms. The van der Waals surface area contributed by atoms with Crippen LogP contribution in [0.4, 0.5) is 11.4 Å². The number of para-hydroxylation sites is 1. The minimum absolute atomic E-state index is 0.0274. The second-order valence-electron chi connectivity index (χ2n) is 6.35. The van der Waals surface area contributed by atoms with Gasteiger partial charge in [-0.15, -0.1) is 0 Å². The van der Waals surface area contributed by atoms with Gasteiger partial charge >= 0.3 is 0 Å². The highest BCUT2D eigenvalue weighted by molar-refractivity contribution is 8.15. The molecule has 0 atom stereocenters. The fourth-order valence-corrected chi connectivity index (χ4v) is 3.49. The zero-order chi connectivity index (χ0) is 17.2. The number of nitrogens with zero attached hydrogens (tertiary/aromatic N) is 1. The lowest BCUT2D eigenvalue weighted by Gasteiger charge is -2.30. The average Bonchev–Trinajstić information content (AvgIpc) is 2.54. The van der Waals surface area contributed by atoms with E-state index in [2.05, 4.69) is 10.6 Å². The van der Waals surface area contributed by atoms with E-state index in [0.29, 0.717) is 5.75 Å². The Morgan fingerprint density at radius 2 is 1.88 bits per heavy atom. The first-order valence-corrected chi connectivity index (χ1v) is 8.88. The van der Waals surface area contributed by atoms with Crippen LogP contribution >= 0.6 is 11.8 Å². The molecule has 24 heavy (non-hydrogen) atoms. The molecule has 0 fully saturated rings. The second kappa shape index (κ2) is 6.69. The van der Waals surface area contributed by atoms with Gasteiger partial charge in [0.2, 0.25) is 5.91 Å². The number of hydrogen-bond acceptors (Lipinski definition) is 4. The number of hydrogen-bond donors (Lipinski definition) is 2. The van der Waals surface area contributed by atoms with Gasteiger partial charge in [-0.25, -0.2) is 0 Å². The van der Waals surface area contributed by atoms with Crippen LogP contribution in [0.15, 0.2) is 53.5 Å². The largest absolute Gasteiger partial charge is 0.361 e. The van der Waals surface area contributed by atoms with Crippen LogP contribution in [0.3, 0.4) is 0 Å². The summed E-state index contributed by atoms with van der Waals surface area (Å²) in [5.41, 5.74) is 3.72. The number of aliphatic imine (C=N–C) groups is 1. The SMILES string of the molecule is Cc1ccc(NC(=O)CSC2=NC(C)(C)Nc3ccccc32)cc1. The maximum atomic E-state index is 12.2. The van der Waals surface area contributed by atoms with E-state index in [9.17, 15) is 4.79 Å². The molecule has 0 saturated heterocycles. The summed E-state index contributed by atoms with van der Waals surface area (Å²) in [6.07, 6.45) is 0. The Labute approximate surface area is 146 Å². The van der Waals surface area contributed by atoms with Crippen molar-refractivity contribution in [1.29, 1.82) is 0 Å². The van der Waals surface area contributed by atoms with Gasteiger partial charge in [0.05, 0.1) is 5.75 Å². The van der Waals surface area contributed by atoms with Crippen molar-refractivity contribution >= 4 is 34.1 Å². The minimum atomic E-state index is -0.371. The maximum Gasteiger partial charge on any atom is 0.234 e. The van der Waals surface area contributed by atoms with E-state index in [1.807, 2.05) is 69.3 Å². The Hall–Kier alpha value is -2.27. The highest BCUT2D eigenvalue weighted by Crippen LogP contribution is 2.31. The minimum Gasteiger partial charge on any atom is -0.361 e. The fraction of sp³-hybridized carbons (Fsp3) is 0.263. The van der Waals surface area contributed by atoms with Crippen molar-refractivity contribution in [2.24, 2.45) is 4.99 Å². The number of amides is 1. The normalized spacial score (nSPS) is 15.0. The summed E-state index contributed by atoms with van der Waals surface area (Å²) in [7, 11) is 0. The summed E-state index contributed by atoms with van der Waals surface area (Å²) in [4.78, 5) is 16.9. The van der Waals surface area contributed by atoms with Crippen molar-refractivity contribution < 1.29 is 4.79 Å². The summed E-state index contributed by atoms with van der Waals surface area (Å²) in [5, 5.41) is 7.22. The van der Waals surface area contributed by atoms with Crippen LogP contribution in [0.1, 0.15) is 25.0 Å². The van der Waals surface area contributed by atoms with E-state index in [0.717, 1.165) is 22.0 Å². The summed E-state index contributed by atoms with van der Waals surface area (Å²) in [5.74, 6) is 0.303. The molecular weight excluding hydrogens is 318 g/mol. The number of nitrogens with one attached hydrogen (secondary N) is 2. The predicted octanol–water partition coefficient (Wildman–Crippen LogP) is 4.28.